The van der Waals surface area contributed by atoms with Crippen LogP contribution in [-0.4, -0.2) is 88.5 Å². The number of carbonyl (C=O) groups is 2. The summed E-state index contributed by atoms with van der Waals surface area (Å²) < 4.78 is 32.6. The predicted octanol–water partition coefficient (Wildman–Crippen LogP) is 9.83. The molecule has 3 saturated carbocycles. The SMILES string of the molecule is COc1cc(C2COc3cc4c5c(c3C2O)CCc2c(OC)cc(OC36CCCCC3CCC(C)N6)c(c2-5)C(O)N4)cc(OCC(CO)C23CCCC(C4(N5C(=O)C=CC5=O)CCCCC4)C2C=Cc2ccccc23)c1O. The van der Waals surface area contributed by atoms with Gasteiger partial charge in [0.2, 0.25) is 5.75 Å². The fraction of sp³-hybridized carbons (Fsp3) is 0.524. The maximum Gasteiger partial charge on any atom is 0.254 e. The number of aliphatic hydroxyl groups is 3. The molecule has 4 aliphatic heterocycles. The number of nitrogens with zero attached hydrogens (tertiary/aromatic N) is 1. The molecule has 14 nitrogen and oxygen atoms in total. The number of methoxy groups -OCH3 is 2. The first kappa shape index (κ1) is 50.4. The number of anilines is 1. The smallest absolute Gasteiger partial charge is 0.254 e. The van der Waals surface area contributed by atoms with Crippen molar-refractivity contribution in [3.63, 3.8) is 0 Å². The molecule has 77 heavy (non-hydrogen) atoms. The Kier molecular flexibility index (Phi) is 12.7. The number of hydrogen-bond acceptors (Lipinski definition) is 13. The number of phenols is 1. The van der Waals surface area contributed by atoms with Crippen LogP contribution in [0.1, 0.15) is 154 Å². The molecule has 13 rings (SSSR count). The van der Waals surface area contributed by atoms with Gasteiger partial charge < -0.3 is 49.4 Å². The van der Waals surface area contributed by atoms with E-state index in [0.717, 1.165) is 117 Å². The number of fused-ring (bicyclic) bond motifs is 6. The summed E-state index contributed by atoms with van der Waals surface area (Å²) in [6.45, 7) is 2.15. The number of phenolic OH excluding ortho intramolecular Hbond substituents is 1. The predicted molar refractivity (Wildman–Crippen MR) is 290 cm³/mol. The minimum Gasteiger partial charge on any atom is -0.502 e. The molecule has 9 aliphatic rings. The summed E-state index contributed by atoms with van der Waals surface area (Å²) in [5, 5.41) is 55.8. The van der Waals surface area contributed by atoms with Crippen molar-refractivity contribution >= 4 is 23.6 Å². The van der Waals surface area contributed by atoms with E-state index >= 15 is 0 Å². The molecule has 1 saturated heterocycles. The van der Waals surface area contributed by atoms with Gasteiger partial charge in [-0.1, -0.05) is 68.5 Å². The van der Waals surface area contributed by atoms with Crippen LogP contribution in [0, 0.1) is 23.7 Å². The molecule has 4 aromatic rings. The van der Waals surface area contributed by atoms with Gasteiger partial charge in [0.05, 0.1) is 51.2 Å². The van der Waals surface area contributed by atoms with E-state index in [1.54, 1.807) is 24.1 Å². The van der Waals surface area contributed by atoms with E-state index in [2.05, 4.69) is 41.8 Å². The minimum atomic E-state index is -1.07. The zero-order chi connectivity index (χ0) is 53.0. The van der Waals surface area contributed by atoms with Crippen LogP contribution >= 0.6 is 0 Å². The van der Waals surface area contributed by atoms with Crippen LogP contribution in [0.3, 0.4) is 0 Å². The molecule has 0 radical (unpaired) electrons. The van der Waals surface area contributed by atoms with Crippen LogP contribution in [-0.2, 0) is 27.8 Å². The van der Waals surface area contributed by atoms with Crippen molar-refractivity contribution in [2.75, 3.05) is 39.4 Å². The van der Waals surface area contributed by atoms with Crippen LogP contribution in [0.5, 0.6) is 34.5 Å². The number of nitrogens with one attached hydrogen (secondary N) is 2. The number of amides is 2. The first-order chi connectivity index (χ1) is 37.4. The second kappa shape index (κ2) is 19.4. The van der Waals surface area contributed by atoms with Gasteiger partial charge in [0, 0.05) is 87.9 Å². The largest absolute Gasteiger partial charge is 0.502 e. The Bertz CT molecular complexity index is 3070. The Morgan fingerprint density at radius 1 is 0.792 bits per heavy atom. The van der Waals surface area contributed by atoms with Crippen molar-refractivity contribution < 1.29 is 53.7 Å². The topological polar surface area (TPSA) is 189 Å². The number of hydrogen-bond donors (Lipinski definition) is 6. The molecule has 14 heteroatoms. The third kappa shape index (κ3) is 7.76. The lowest BCUT2D eigenvalue weighted by atomic mass is 9.47. The van der Waals surface area contributed by atoms with Crippen LogP contribution < -0.4 is 34.3 Å². The Labute approximate surface area is 450 Å². The number of ether oxygens (including phenoxy) is 5. The van der Waals surface area contributed by atoms with Crippen LogP contribution in [0.4, 0.5) is 5.69 Å². The van der Waals surface area contributed by atoms with Gasteiger partial charge in [0.15, 0.2) is 23.5 Å². The first-order valence-corrected chi connectivity index (χ1v) is 28.6. The Morgan fingerprint density at radius 2 is 1.56 bits per heavy atom. The maximum atomic E-state index is 13.7. The number of allylic oxidation sites excluding steroid dienone is 1. The van der Waals surface area contributed by atoms with E-state index in [1.807, 2.05) is 24.3 Å². The Morgan fingerprint density at radius 3 is 2.35 bits per heavy atom. The Balaban J connectivity index is 0.840. The van der Waals surface area contributed by atoms with Gasteiger partial charge in [0.25, 0.3) is 11.8 Å². The highest BCUT2D eigenvalue weighted by Gasteiger charge is 2.60. The number of benzene rings is 4. The van der Waals surface area contributed by atoms with Gasteiger partial charge in [-0.3, -0.25) is 19.8 Å². The molecule has 6 N–H and O–H groups in total. The molecule has 4 heterocycles. The zero-order valence-corrected chi connectivity index (χ0v) is 44.6. The van der Waals surface area contributed by atoms with E-state index < -0.39 is 40.8 Å². The number of aliphatic hydroxyl groups excluding tert-OH is 3. The van der Waals surface area contributed by atoms with Crippen LogP contribution in [0.25, 0.3) is 17.2 Å². The molecule has 10 atom stereocenters. The van der Waals surface area contributed by atoms with Crippen molar-refractivity contribution in [2.45, 2.75) is 151 Å². The lowest BCUT2D eigenvalue weighted by Crippen LogP contribution is -2.64. The fourth-order valence-corrected chi connectivity index (χ4v) is 16.8. The highest BCUT2D eigenvalue weighted by Crippen LogP contribution is 2.62. The summed E-state index contributed by atoms with van der Waals surface area (Å²) in [5.74, 6) is 0.566. The zero-order valence-electron chi connectivity index (χ0n) is 44.6. The molecule has 4 fully saturated rings. The van der Waals surface area contributed by atoms with E-state index in [9.17, 15) is 30.0 Å². The van der Waals surface area contributed by atoms with E-state index in [-0.39, 0.29) is 60.7 Å². The highest BCUT2D eigenvalue weighted by molar-refractivity contribution is 6.13. The lowest BCUT2D eigenvalue weighted by Gasteiger charge is -2.60. The molecule has 5 aliphatic carbocycles. The monoisotopic (exact) mass is 1050 g/mol. The summed E-state index contributed by atoms with van der Waals surface area (Å²) >= 11 is 0. The third-order valence-corrected chi connectivity index (χ3v) is 20.2. The first-order valence-electron chi connectivity index (χ1n) is 28.6. The number of imide groups is 1. The maximum absolute atomic E-state index is 13.7. The van der Waals surface area contributed by atoms with Gasteiger partial charge in [0.1, 0.15) is 17.2 Å². The molecule has 4 aromatic carbocycles. The molecule has 10 unspecified atom stereocenters. The second-order valence-electron chi connectivity index (χ2n) is 23.8. The average Bonchev–Trinajstić information content (AvgIpc) is 3.85. The lowest BCUT2D eigenvalue weighted by molar-refractivity contribution is -0.153. The summed E-state index contributed by atoms with van der Waals surface area (Å²) in [7, 11) is 3.17. The Hall–Kier alpha value is -6.06. The van der Waals surface area contributed by atoms with Gasteiger partial charge >= 0.3 is 0 Å². The van der Waals surface area contributed by atoms with Crippen LogP contribution in [0.2, 0.25) is 0 Å². The van der Waals surface area contributed by atoms with E-state index in [0.29, 0.717) is 64.4 Å². The molecule has 0 spiro atoms. The average molecular weight is 1050 g/mol. The molecule has 0 aromatic heterocycles. The summed E-state index contributed by atoms with van der Waals surface area (Å²) in [4.78, 5) is 28.9. The highest BCUT2D eigenvalue weighted by atomic mass is 16.5. The number of aromatic hydroxyl groups is 1. The number of carbonyl (C=O) groups excluding carboxylic acids is 2. The molecule has 406 valence electrons. The van der Waals surface area contributed by atoms with Crippen LogP contribution in [0.15, 0.2) is 66.8 Å². The summed E-state index contributed by atoms with van der Waals surface area (Å²) in [5.41, 5.74) is 6.72. The van der Waals surface area contributed by atoms with Gasteiger partial charge in [-0.25, -0.2) is 0 Å². The fourth-order valence-electron chi connectivity index (χ4n) is 16.8. The van der Waals surface area contributed by atoms with Gasteiger partial charge in [-0.05, 0) is 117 Å². The van der Waals surface area contributed by atoms with Crippen molar-refractivity contribution in [1.29, 1.82) is 0 Å². The number of rotatable bonds is 12. The van der Waals surface area contributed by atoms with Crippen molar-refractivity contribution in [3.8, 4) is 45.6 Å². The van der Waals surface area contributed by atoms with Gasteiger partial charge in [-0.2, -0.15) is 0 Å². The second-order valence-corrected chi connectivity index (χ2v) is 23.8. The molecular formula is C63H73N3O11. The minimum absolute atomic E-state index is 0.0354. The van der Waals surface area contributed by atoms with E-state index in [4.69, 9.17) is 23.7 Å². The van der Waals surface area contributed by atoms with Gasteiger partial charge in [-0.15, -0.1) is 0 Å². The molecular weight excluding hydrogens is 975 g/mol. The standard InChI is InChI=1S/C63H73N3O11/c1-35-16-18-38-13-7-10-27-63(38,65-35)77-49-31-47(73-2)40-19-20-41-54-46(64-60(72)57(49)56(40)54)30-48-55(41)58(70)42(34-76-48)37-28-50(74-3)59(71)51(29-37)75-33-39(32-67)62-26-11-15-44(45(62)21-17-36-12-5-6-14-43(36)62)61(24-8-4-9-25-61)66-52(68)22-23-53(66)69/h5-6,12,14,17,21-23,28-31,35,38-39,42,44-45,58,60,64-65,67,70-72H,4,7-11,13,15-16,18-20,24-27,32-34H2,1-3H3. The third-order valence-electron chi connectivity index (χ3n) is 20.2. The summed E-state index contributed by atoms with van der Waals surface area (Å²) in [6.07, 6.45) is 19.5. The number of piperidine rings is 1. The van der Waals surface area contributed by atoms with Crippen molar-refractivity contribution in [1.82, 2.24) is 10.2 Å². The van der Waals surface area contributed by atoms with E-state index in [1.165, 1.54) is 25.7 Å². The quantitative estimate of drug-likeness (QED) is 0.0737. The molecule has 2 amide bonds. The summed E-state index contributed by atoms with van der Waals surface area (Å²) in [6, 6.07) is 16.0. The van der Waals surface area contributed by atoms with Crippen molar-refractivity contribution in [2.24, 2.45) is 23.7 Å². The normalized spacial score (nSPS) is 30.6. The van der Waals surface area contributed by atoms with Crippen molar-refractivity contribution in [3.05, 3.63) is 106 Å². The molecule has 0 bridgehead atoms.